The summed E-state index contributed by atoms with van der Waals surface area (Å²) in [6.07, 6.45) is 0. The first kappa shape index (κ1) is 15.8. The molecule has 0 radical (unpaired) electrons. The number of carboxylic acids is 1. The summed E-state index contributed by atoms with van der Waals surface area (Å²) in [5.41, 5.74) is 3.08. The zero-order valence-corrected chi connectivity index (χ0v) is 13.7. The van der Waals surface area contributed by atoms with Crippen LogP contribution in [-0.4, -0.2) is 21.3 Å². The fraction of sp³-hybridized carbons (Fsp3) is 0. The Morgan fingerprint density at radius 3 is 2.00 bits per heavy atom. The van der Waals surface area contributed by atoms with E-state index in [1.165, 1.54) is 0 Å². The number of benzene rings is 3. The SMILES string of the molecule is O=C(O)c1ccccc1-c1ccccc1-c1nnc(-c2ccccc2)o1. The Hall–Kier alpha value is -3.73. The van der Waals surface area contributed by atoms with Crippen LogP contribution >= 0.6 is 0 Å². The van der Waals surface area contributed by atoms with Gasteiger partial charge in [0.05, 0.1) is 5.56 Å². The van der Waals surface area contributed by atoms with E-state index in [0.29, 0.717) is 22.9 Å². The number of hydrogen-bond donors (Lipinski definition) is 1. The van der Waals surface area contributed by atoms with Gasteiger partial charge in [0.15, 0.2) is 0 Å². The Labute approximate surface area is 149 Å². The summed E-state index contributed by atoms with van der Waals surface area (Å²) in [6, 6.07) is 23.8. The molecule has 4 rings (SSSR count). The first-order chi connectivity index (χ1) is 12.7. The Balaban J connectivity index is 1.84. The van der Waals surface area contributed by atoms with Crippen LogP contribution in [0.4, 0.5) is 0 Å². The Morgan fingerprint density at radius 2 is 1.27 bits per heavy atom. The Bertz CT molecular complexity index is 1070. The van der Waals surface area contributed by atoms with Gasteiger partial charge in [0.1, 0.15) is 0 Å². The Kier molecular flexibility index (Phi) is 4.03. The molecule has 126 valence electrons. The number of aromatic carboxylic acids is 1. The summed E-state index contributed by atoms with van der Waals surface area (Å²) in [7, 11) is 0. The van der Waals surface area contributed by atoms with Crippen LogP contribution in [0.25, 0.3) is 34.0 Å². The standard InChI is InChI=1S/C21H14N2O3/c24-21(25)18-13-7-5-11-16(18)15-10-4-6-12-17(15)20-23-22-19(26-20)14-8-2-1-3-9-14/h1-13H,(H,24,25). The lowest BCUT2D eigenvalue weighted by Gasteiger charge is -2.09. The Morgan fingerprint density at radius 1 is 0.692 bits per heavy atom. The summed E-state index contributed by atoms with van der Waals surface area (Å²) in [5, 5.41) is 17.8. The summed E-state index contributed by atoms with van der Waals surface area (Å²) in [4.78, 5) is 11.6. The summed E-state index contributed by atoms with van der Waals surface area (Å²) in [6.45, 7) is 0. The lowest BCUT2D eigenvalue weighted by atomic mass is 9.95. The number of hydrogen-bond acceptors (Lipinski definition) is 4. The van der Waals surface area contributed by atoms with Crippen molar-refractivity contribution in [3.05, 3.63) is 84.4 Å². The van der Waals surface area contributed by atoms with Gasteiger partial charge >= 0.3 is 5.97 Å². The van der Waals surface area contributed by atoms with Crippen LogP contribution in [-0.2, 0) is 0 Å². The fourth-order valence-electron chi connectivity index (χ4n) is 2.84. The van der Waals surface area contributed by atoms with E-state index in [4.69, 9.17) is 4.42 Å². The maximum atomic E-state index is 11.6. The first-order valence-corrected chi connectivity index (χ1v) is 8.05. The minimum absolute atomic E-state index is 0.225. The highest BCUT2D eigenvalue weighted by Gasteiger charge is 2.18. The minimum atomic E-state index is -0.981. The van der Waals surface area contributed by atoms with E-state index >= 15 is 0 Å². The number of carboxylic acid groups (broad SMARTS) is 1. The van der Waals surface area contributed by atoms with Crippen LogP contribution in [0.5, 0.6) is 0 Å². The summed E-state index contributed by atoms with van der Waals surface area (Å²) < 4.78 is 5.85. The number of carbonyl (C=O) groups is 1. The molecule has 4 aromatic rings. The average Bonchev–Trinajstić information content (AvgIpc) is 3.19. The largest absolute Gasteiger partial charge is 0.478 e. The molecule has 0 unspecified atom stereocenters. The molecule has 0 saturated heterocycles. The molecule has 1 N–H and O–H groups in total. The van der Waals surface area contributed by atoms with Crippen LogP contribution in [0, 0.1) is 0 Å². The molecule has 0 bridgehead atoms. The summed E-state index contributed by atoms with van der Waals surface area (Å²) >= 11 is 0. The van der Waals surface area contributed by atoms with Gasteiger partial charge in [-0.25, -0.2) is 4.79 Å². The molecule has 26 heavy (non-hydrogen) atoms. The van der Waals surface area contributed by atoms with E-state index in [0.717, 1.165) is 11.1 Å². The first-order valence-electron chi connectivity index (χ1n) is 8.05. The normalized spacial score (nSPS) is 10.6. The molecule has 0 aliphatic rings. The van der Waals surface area contributed by atoms with Gasteiger partial charge in [-0.2, -0.15) is 0 Å². The van der Waals surface area contributed by atoms with E-state index < -0.39 is 5.97 Å². The van der Waals surface area contributed by atoms with Gasteiger partial charge in [-0.05, 0) is 35.4 Å². The smallest absolute Gasteiger partial charge is 0.336 e. The van der Waals surface area contributed by atoms with Crippen LogP contribution in [0.2, 0.25) is 0 Å². The van der Waals surface area contributed by atoms with E-state index in [9.17, 15) is 9.90 Å². The highest BCUT2D eigenvalue weighted by atomic mass is 16.4. The third-order valence-corrected chi connectivity index (χ3v) is 4.05. The molecule has 3 aromatic carbocycles. The third kappa shape index (κ3) is 2.86. The molecule has 0 aliphatic carbocycles. The van der Waals surface area contributed by atoms with Crippen molar-refractivity contribution in [3.63, 3.8) is 0 Å². The van der Waals surface area contributed by atoms with Crippen molar-refractivity contribution >= 4 is 5.97 Å². The number of aromatic nitrogens is 2. The van der Waals surface area contributed by atoms with Crippen molar-refractivity contribution in [2.24, 2.45) is 0 Å². The predicted molar refractivity (Wildman–Crippen MR) is 97.6 cm³/mol. The van der Waals surface area contributed by atoms with E-state index in [-0.39, 0.29) is 5.56 Å². The predicted octanol–water partition coefficient (Wildman–Crippen LogP) is 4.77. The van der Waals surface area contributed by atoms with Gasteiger partial charge in [0, 0.05) is 11.1 Å². The second-order valence-electron chi connectivity index (χ2n) is 5.67. The van der Waals surface area contributed by atoms with E-state index in [1.807, 2.05) is 60.7 Å². The van der Waals surface area contributed by atoms with E-state index in [2.05, 4.69) is 10.2 Å². The molecule has 0 fully saturated rings. The second-order valence-corrected chi connectivity index (χ2v) is 5.67. The number of nitrogens with zero attached hydrogens (tertiary/aromatic N) is 2. The number of rotatable bonds is 4. The molecule has 0 amide bonds. The van der Waals surface area contributed by atoms with Crippen molar-refractivity contribution in [1.82, 2.24) is 10.2 Å². The van der Waals surface area contributed by atoms with E-state index in [1.54, 1.807) is 18.2 Å². The van der Waals surface area contributed by atoms with Gasteiger partial charge < -0.3 is 9.52 Å². The minimum Gasteiger partial charge on any atom is -0.478 e. The van der Waals surface area contributed by atoms with Gasteiger partial charge in [-0.15, -0.1) is 10.2 Å². The van der Waals surface area contributed by atoms with Crippen LogP contribution in [0.3, 0.4) is 0 Å². The van der Waals surface area contributed by atoms with Crippen molar-refractivity contribution in [2.45, 2.75) is 0 Å². The fourth-order valence-corrected chi connectivity index (χ4v) is 2.84. The molecule has 0 atom stereocenters. The van der Waals surface area contributed by atoms with Crippen molar-refractivity contribution in [2.75, 3.05) is 0 Å². The van der Waals surface area contributed by atoms with Gasteiger partial charge in [-0.3, -0.25) is 0 Å². The average molecular weight is 342 g/mol. The topological polar surface area (TPSA) is 76.2 Å². The maximum Gasteiger partial charge on any atom is 0.336 e. The molecule has 5 heteroatoms. The molecule has 1 aromatic heterocycles. The highest BCUT2D eigenvalue weighted by molar-refractivity contribution is 5.98. The quantitative estimate of drug-likeness (QED) is 0.578. The molecular weight excluding hydrogens is 328 g/mol. The molecule has 1 heterocycles. The maximum absolute atomic E-state index is 11.6. The van der Waals surface area contributed by atoms with Crippen LogP contribution < -0.4 is 0 Å². The highest BCUT2D eigenvalue weighted by Crippen LogP contribution is 2.34. The molecule has 0 spiro atoms. The molecular formula is C21H14N2O3. The molecule has 0 saturated carbocycles. The van der Waals surface area contributed by atoms with Crippen molar-refractivity contribution in [3.8, 4) is 34.0 Å². The lowest BCUT2D eigenvalue weighted by molar-refractivity contribution is 0.0697. The summed E-state index contributed by atoms with van der Waals surface area (Å²) in [5.74, 6) is -0.215. The monoisotopic (exact) mass is 342 g/mol. The van der Waals surface area contributed by atoms with Crippen molar-refractivity contribution < 1.29 is 14.3 Å². The van der Waals surface area contributed by atoms with Crippen LogP contribution in [0.15, 0.2) is 83.3 Å². The molecule has 0 aliphatic heterocycles. The second kappa shape index (κ2) is 6.64. The van der Waals surface area contributed by atoms with Crippen LogP contribution in [0.1, 0.15) is 10.4 Å². The van der Waals surface area contributed by atoms with Crippen molar-refractivity contribution in [1.29, 1.82) is 0 Å². The zero-order valence-electron chi connectivity index (χ0n) is 13.7. The van der Waals surface area contributed by atoms with Gasteiger partial charge in [0.2, 0.25) is 11.8 Å². The zero-order chi connectivity index (χ0) is 17.9. The van der Waals surface area contributed by atoms with Gasteiger partial charge in [-0.1, -0.05) is 54.6 Å². The van der Waals surface area contributed by atoms with Gasteiger partial charge in [0.25, 0.3) is 0 Å². The third-order valence-electron chi connectivity index (χ3n) is 4.05. The lowest BCUT2D eigenvalue weighted by Crippen LogP contribution is -1.99. The molecule has 5 nitrogen and oxygen atoms in total.